The molecule has 0 unspecified atom stereocenters. The van der Waals surface area contributed by atoms with Crippen molar-refractivity contribution < 1.29 is 9.59 Å². The van der Waals surface area contributed by atoms with Crippen LogP contribution in [0.15, 0.2) is 18.3 Å². The number of Topliss-reactive ketones (excluding diaryl/α,β-unsaturated/α-hetero) is 1. The minimum atomic E-state index is 0.0348. The monoisotopic (exact) mass is 220 g/mol. The van der Waals surface area contributed by atoms with Crippen molar-refractivity contribution in [1.29, 1.82) is 0 Å². The van der Waals surface area contributed by atoms with Crippen LogP contribution in [0.4, 0.5) is 0 Å². The molecule has 0 aliphatic heterocycles. The Bertz CT molecular complexity index is 405. The summed E-state index contributed by atoms with van der Waals surface area (Å²) in [6.07, 6.45) is 4.48. The SMILES string of the molecule is CC(=O)c1cccn1CCC(=O)NC1CC1. The van der Waals surface area contributed by atoms with E-state index < -0.39 is 0 Å². The van der Waals surface area contributed by atoms with Gasteiger partial charge in [0.1, 0.15) is 0 Å². The Hall–Kier alpha value is -1.58. The van der Waals surface area contributed by atoms with Crippen LogP contribution < -0.4 is 5.32 Å². The van der Waals surface area contributed by atoms with Crippen LogP contribution in [0.25, 0.3) is 0 Å². The van der Waals surface area contributed by atoms with Gasteiger partial charge in [0.25, 0.3) is 0 Å². The van der Waals surface area contributed by atoms with E-state index >= 15 is 0 Å². The highest BCUT2D eigenvalue weighted by Gasteiger charge is 2.22. The molecule has 1 amide bonds. The number of hydrogen-bond donors (Lipinski definition) is 1. The van der Waals surface area contributed by atoms with E-state index in [0.717, 1.165) is 12.8 Å². The minimum Gasteiger partial charge on any atom is -0.353 e. The summed E-state index contributed by atoms with van der Waals surface area (Å²) in [5, 5.41) is 2.93. The Balaban J connectivity index is 1.85. The van der Waals surface area contributed by atoms with Crippen molar-refractivity contribution in [3.05, 3.63) is 24.0 Å². The highest BCUT2D eigenvalue weighted by Crippen LogP contribution is 2.18. The summed E-state index contributed by atoms with van der Waals surface area (Å²) in [6, 6.07) is 4.01. The lowest BCUT2D eigenvalue weighted by molar-refractivity contribution is -0.121. The van der Waals surface area contributed by atoms with Crippen LogP contribution >= 0.6 is 0 Å². The van der Waals surface area contributed by atoms with Crippen LogP contribution in [-0.2, 0) is 11.3 Å². The number of nitrogens with one attached hydrogen (secondary N) is 1. The molecule has 4 heteroatoms. The Morgan fingerprint density at radius 3 is 2.88 bits per heavy atom. The molecule has 0 spiro atoms. The van der Waals surface area contributed by atoms with E-state index in [-0.39, 0.29) is 11.7 Å². The highest BCUT2D eigenvalue weighted by atomic mass is 16.1. The second kappa shape index (κ2) is 4.51. The molecule has 2 rings (SSSR count). The fourth-order valence-corrected chi connectivity index (χ4v) is 1.68. The molecule has 0 bridgehead atoms. The molecule has 1 fully saturated rings. The number of nitrogens with zero attached hydrogens (tertiary/aromatic N) is 1. The maximum absolute atomic E-state index is 11.5. The zero-order valence-corrected chi connectivity index (χ0v) is 9.40. The summed E-state index contributed by atoms with van der Waals surface area (Å²) in [7, 11) is 0. The van der Waals surface area contributed by atoms with Gasteiger partial charge >= 0.3 is 0 Å². The topological polar surface area (TPSA) is 51.1 Å². The quantitative estimate of drug-likeness (QED) is 0.762. The Labute approximate surface area is 94.6 Å². The normalized spacial score (nSPS) is 14.8. The maximum atomic E-state index is 11.5. The standard InChI is InChI=1S/C12H16N2O2/c1-9(15)11-3-2-7-14(11)8-6-12(16)13-10-4-5-10/h2-3,7,10H,4-6,8H2,1H3,(H,13,16). The number of amides is 1. The van der Waals surface area contributed by atoms with E-state index in [9.17, 15) is 9.59 Å². The van der Waals surface area contributed by atoms with Gasteiger partial charge in [-0.1, -0.05) is 0 Å². The van der Waals surface area contributed by atoms with Gasteiger partial charge in [0.2, 0.25) is 5.91 Å². The molecule has 0 saturated heterocycles. The summed E-state index contributed by atoms with van der Waals surface area (Å²) >= 11 is 0. The summed E-state index contributed by atoms with van der Waals surface area (Å²) in [6.45, 7) is 2.11. The van der Waals surface area contributed by atoms with E-state index in [1.165, 1.54) is 6.92 Å². The fourth-order valence-electron chi connectivity index (χ4n) is 1.68. The lowest BCUT2D eigenvalue weighted by Gasteiger charge is -2.07. The first kappa shape index (κ1) is 10.9. The number of aryl methyl sites for hydroxylation is 1. The van der Waals surface area contributed by atoms with Crippen molar-refractivity contribution in [2.24, 2.45) is 0 Å². The van der Waals surface area contributed by atoms with Gasteiger partial charge in [-0.3, -0.25) is 9.59 Å². The van der Waals surface area contributed by atoms with Gasteiger partial charge < -0.3 is 9.88 Å². The molecule has 0 radical (unpaired) electrons. The van der Waals surface area contributed by atoms with Crippen molar-refractivity contribution in [3.63, 3.8) is 0 Å². The van der Waals surface area contributed by atoms with Crippen molar-refractivity contribution >= 4 is 11.7 Å². The lowest BCUT2D eigenvalue weighted by atomic mass is 10.3. The van der Waals surface area contributed by atoms with Crippen LogP contribution in [0.2, 0.25) is 0 Å². The second-order valence-corrected chi connectivity index (χ2v) is 4.23. The summed E-state index contributed by atoms with van der Waals surface area (Å²) in [4.78, 5) is 22.7. The maximum Gasteiger partial charge on any atom is 0.222 e. The van der Waals surface area contributed by atoms with Gasteiger partial charge in [0, 0.05) is 32.1 Å². The number of rotatable bonds is 5. The number of hydrogen-bond acceptors (Lipinski definition) is 2. The van der Waals surface area contributed by atoms with Gasteiger partial charge in [-0.15, -0.1) is 0 Å². The Morgan fingerprint density at radius 2 is 2.25 bits per heavy atom. The van der Waals surface area contributed by atoms with Crippen molar-refractivity contribution in [2.45, 2.75) is 38.8 Å². The third kappa shape index (κ3) is 2.72. The average Bonchev–Trinajstić information content (AvgIpc) is 2.91. The van der Waals surface area contributed by atoms with E-state index in [0.29, 0.717) is 24.7 Å². The van der Waals surface area contributed by atoms with Gasteiger partial charge in [0.15, 0.2) is 5.78 Å². The van der Waals surface area contributed by atoms with Gasteiger partial charge in [-0.25, -0.2) is 0 Å². The summed E-state index contributed by atoms with van der Waals surface area (Å²) < 4.78 is 1.83. The minimum absolute atomic E-state index is 0.0348. The fraction of sp³-hybridized carbons (Fsp3) is 0.500. The van der Waals surface area contributed by atoms with Crippen LogP contribution in [0.1, 0.15) is 36.7 Å². The van der Waals surface area contributed by atoms with E-state index in [4.69, 9.17) is 0 Å². The second-order valence-electron chi connectivity index (χ2n) is 4.23. The number of carbonyl (C=O) groups excluding carboxylic acids is 2. The molecule has 1 aromatic rings. The molecule has 1 heterocycles. The van der Waals surface area contributed by atoms with Gasteiger partial charge in [-0.05, 0) is 25.0 Å². The third-order valence-corrected chi connectivity index (χ3v) is 2.71. The number of carbonyl (C=O) groups is 2. The summed E-state index contributed by atoms with van der Waals surface area (Å²) in [5.41, 5.74) is 0.666. The predicted octanol–water partition coefficient (Wildman–Crippen LogP) is 1.36. The largest absolute Gasteiger partial charge is 0.353 e. The first-order valence-corrected chi connectivity index (χ1v) is 5.62. The highest BCUT2D eigenvalue weighted by molar-refractivity contribution is 5.92. The molecule has 1 N–H and O–H groups in total. The molecule has 16 heavy (non-hydrogen) atoms. The van der Waals surface area contributed by atoms with Crippen LogP contribution in [0, 0.1) is 0 Å². The molecule has 0 aromatic carbocycles. The zero-order chi connectivity index (χ0) is 11.5. The van der Waals surface area contributed by atoms with Crippen LogP contribution in [-0.4, -0.2) is 22.3 Å². The number of ketones is 1. The molecular weight excluding hydrogens is 204 g/mol. The predicted molar refractivity (Wildman–Crippen MR) is 60.2 cm³/mol. The van der Waals surface area contributed by atoms with Crippen LogP contribution in [0.5, 0.6) is 0 Å². The van der Waals surface area contributed by atoms with Crippen molar-refractivity contribution in [2.75, 3.05) is 0 Å². The number of aromatic nitrogens is 1. The molecule has 86 valence electrons. The smallest absolute Gasteiger partial charge is 0.222 e. The third-order valence-electron chi connectivity index (χ3n) is 2.71. The van der Waals surface area contributed by atoms with Crippen molar-refractivity contribution in [1.82, 2.24) is 9.88 Å². The molecule has 1 aromatic heterocycles. The van der Waals surface area contributed by atoms with Crippen LogP contribution in [0.3, 0.4) is 0 Å². The molecule has 1 saturated carbocycles. The molecule has 4 nitrogen and oxygen atoms in total. The molecule has 1 aliphatic carbocycles. The van der Waals surface area contributed by atoms with Crippen molar-refractivity contribution in [3.8, 4) is 0 Å². The van der Waals surface area contributed by atoms with Gasteiger partial charge in [0.05, 0.1) is 5.69 Å². The Kier molecular flexibility index (Phi) is 3.08. The average molecular weight is 220 g/mol. The first-order valence-electron chi connectivity index (χ1n) is 5.62. The summed E-state index contributed by atoms with van der Waals surface area (Å²) in [5.74, 6) is 0.110. The molecule has 0 atom stereocenters. The zero-order valence-electron chi connectivity index (χ0n) is 9.40. The lowest BCUT2D eigenvalue weighted by Crippen LogP contribution is -2.26. The molecule has 1 aliphatic rings. The van der Waals surface area contributed by atoms with E-state index in [2.05, 4.69) is 5.32 Å². The van der Waals surface area contributed by atoms with E-state index in [1.54, 1.807) is 6.07 Å². The van der Waals surface area contributed by atoms with E-state index in [1.807, 2.05) is 16.8 Å². The Morgan fingerprint density at radius 1 is 1.50 bits per heavy atom. The molecular formula is C12H16N2O2. The van der Waals surface area contributed by atoms with Gasteiger partial charge in [-0.2, -0.15) is 0 Å². The first-order chi connectivity index (χ1) is 7.66.